The topological polar surface area (TPSA) is 16.1 Å². The van der Waals surface area contributed by atoms with Crippen molar-refractivity contribution in [2.75, 3.05) is 0 Å². The average Bonchev–Trinajstić information content (AvgIpc) is 2.85. The number of pyridine rings is 1. The smallest absolute Gasteiger partial charge is 0.0271 e. The predicted octanol–water partition coefficient (Wildman–Crippen LogP) is 4.81. The fourth-order valence-corrected chi connectivity index (χ4v) is 3.48. The maximum Gasteiger partial charge on any atom is 0.0271 e. The molecule has 0 saturated heterocycles. The van der Waals surface area contributed by atoms with Gasteiger partial charge < -0.3 is 0 Å². The summed E-state index contributed by atoms with van der Waals surface area (Å²) in [4.78, 5) is 6.82. The Morgan fingerprint density at radius 3 is 2.00 bits per heavy atom. The second-order valence-electron chi connectivity index (χ2n) is 6.39. The van der Waals surface area contributed by atoms with Crippen LogP contribution in [0.1, 0.15) is 49.7 Å². The Bertz CT molecular complexity index is 489. The minimum absolute atomic E-state index is 0.718. The molecule has 1 aromatic carbocycles. The van der Waals surface area contributed by atoms with Crippen LogP contribution >= 0.6 is 0 Å². The first-order chi connectivity index (χ1) is 10.9. The molecule has 2 heteroatoms. The average molecular weight is 294 g/mol. The number of aromatic nitrogens is 1. The third-order valence-corrected chi connectivity index (χ3v) is 4.70. The molecular weight excluding hydrogens is 268 g/mol. The maximum atomic E-state index is 4.15. The Balaban J connectivity index is 1.74. The number of hydrogen-bond acceptors (Lipinski definition) is 2. The van der Waals surface area contributed by atoms with Gasteiger partial charge in [-0.15, -0.1) is 0 Å². The predicted molar refractivity (Wildman–Crippen MR) is 91.4 cm³/mol. The summed E-state index contributed by atoms with van der Waals surface area (Å²) in [5, 5.41) is 0. The molecule has 3 rings (SSSR count). The van der Waals surface area contributed by atoms with Gasteiger partial charge in [0.1, 0.15) is 0 Å². The van der Waals surface area contributed by atoms with Gasteiger partial charge >= 0.3 is 0 Å². The van der Waals surface area contributed by atoms with Crippen molar-refractivity contribution in [3.63, 3.8) is 0 Å². The third-order valence-electron chi connectivity index (χ3n) is 4.70. The molecule has 2 nitrogen and oxygen atoms in total. The van der Waals surface area contributed by atoms with Crippen LogP contribution < -0.4 is 0 Å². The lowest BCUT2D eigenvalue weighted by Crippen LogP contribution is -2.34. The van der Waals surface area contributed by atoms with E-state index in [9.17, 15) is 0 Å². The lowest BCUT2D eigenvalue weighted by Gasteiger charge is -2.31. The molecule has 1 aliphatic carbocycles. The van der Waals surface area contributed by atoms with Crippen molar-refractivity contribution < 1.29 is 0 Å². The normalized spacial score (nSPS) is 16.6. The minimum Gasteiger partial charge on any atom is -0.292 e. The molecule has 0 spiro atoms. The van der Waals surface area contributed by atoms with Crippen LogP contribution in [0, 0.1) is 0 Å². The Hall–Kier alpha value is -1.67. The first kappa shape index (κ1) is 15.2. The van der Waals surface area contributed by atoms with E-state index < -0.39 is 0 Å². The van der Waals surface area contributed by atoms with Gasteiger partial charge in [0.15, 0.2) is 0 Å². The van der Waals surface area contributed by atoms with Gasteiger partial charge in [0, 0.05) is 31.5 Å². The first-order valence-electron chi connectivity index (χ1n) is 8.59. The second kappa shape index (κ2) is 8.09. The molecule has 0 bridgehead atoms. The van der Waals surface area contributed by atoms with E-state index in [0.717, 1.165) is 19.1 Å². The zero-order chi connectivity index (χ0) is 15.0. The highest BCUT2D eigenvalue weighted by atomic mass is 15.1. The van der Waals surface area contributed by atoms with E-state index in [1.807, 2.05) is 12.4 Å². The van der Waals surface area contributed by atoms with Crippen molar-refractivity contribution in [2.45, 2.75) is 57.7 Å². The lowest BCUT2D eigenvalue weighted by molar-refractivity contribution is 0.161. The van der Waals surface area contributed by atoms with Crippen LogP contribution in [-0.4, -0.2) is 15.9 Å². The summed E-state index contributed by atoms with van der Waals surface area (Å²) in [6.07, 6.45) is 12.1. The quantitative estimate of drug-likeness (QED) is 0.736. The van der Waals surface area contributed by atoms with Crippen molar-refractivity contribution in [3.8, 4) is 0 Å². The summed E-state index contributed by atoms with van der Waals surface area (Å²) in [6, 6.07) is 15.9. The Morgan fingerprint density at radius 1 is 0.773 bits per heavy atom. The standard InChI is InChI=1S/C20H26N2/c1-2-7-11-20(10-6-1)22(16-18-8-4-3-5-9-18)17-19-12-14-21-15-13-19/h3-5,8-9,12-15,20H,1-2,6-7,10-11,16-17H2. The van der Waals surface area contributed by atoms with Crippen LogP contribution in [-0.2, 0) is 13.1 Å². The van der Waals surface area contributed by atoms with Crippen molar-refractivity contribution in [2.24, 2.45) is 0 Å². The molecule has 1 saturated carbocycles. The second-order valence-corrected chi connectivity index (χ2v) is 6.39. The number of benzene rings is 1. The molecule has 2 aromatic rings. The SMILES string of the molecule is c1ccc(CN(Cc2ccncc2)C2CCCCCC2)cc1. The molecule has 0 atom stereocenters. The molecule has 0 radical (unpaired) electrons. The van der Waals surface area contributed by atoms with Gasteiger partial charge in [-0.05, 0) is 36.1 Å². The molecule has 1 heterocycles. The Morgan fingerprint density at radius 2 is 1.36 bits per heavy atom. The number of rotatable bonds is 5. The van der Waals surface area contributed by atoms with Gasteiger partial charge in [-0.1, -0.05) is 56.0 Å². The van der Waals surface area contributed by atoms with Crippen LogP contribution in [0.2, 0.25) is 0 Å². The fraction of sp³-hybridized carbons (Fsp3) is 0.450. The molecule has 0 N–H and O–H groups in total. The van der Waals surface area contributed by atoms with E-state index in [4.69, 9.17) is 0 Å². The molecule has 22 heavy (non-hydrogen) atoms. The molecule has 0 amide bonds. The van der Waals surface area contributed by atoms with Gasteiger partial charge in [0.05, 0.1) is 0 Å². The molecule has 1 fully saturated rings. The van der Waals surface area contributed by atoms with Gasteiger partial charge in [0.2, 0.25) is 0 Å². The first-order valence-corrected chi connectivity index (χ1v) is 8.59. The fourth-order valence-electron chi connectivity index (χ4n) is 3.48. The van der Waals surface area contributed by atoms with Crippen molar-refractivity contribution >= 4 is 0 Å². The van der Waals surface area contributed by atoms with Gasteiger partial charge in [-0.2, -0.15) is 0 Å². The highest BCUT2D eigenvalue weighted by molar-refractivity contribution is 5.16. The lowest BCUT2D eigenvalue weighted by atomic mass is 10.0. The summed E-state index contributed by atoms with van der Waals surface area (Å²) in [5.41, 5.74) is 2.79. The van der Waals surface area contributed by atoms with E-state index in [2.05, 4.69) is 52.3 Å². The molecule has 0 aliphatic heterocycles. The Kier molecular flexibility index (Phi) is 5.60. The van der Waals surface area contributed by atoms with E-state index in [1.165, 1.54) is 49.7 Å². The van der Waals surface area contributed by atoms with Gasteiger partial charge in [-0.25, -0.2) is 0 Å². The largest absolute Gasteiger partial charge is 0.292 e. The van der Waals surface area contributed by atoms with Crippen LogP contribution in [0.15, 0.2) is 54.9 Å². The third kappa shape index (κ3) is 4.41. The van der Waals surface area contributed by atoms with Crippen LogP contribution in [0.4, 0.5) is 0 Å². The highest BCUT2D eigenvalue weighted by Gasteiger charge is 2.20. The summed E-state index contributed by atoms with van der Waals surface area (Å²) < 4.78 is 0. The van der Waals surface area contributed by atoms with E-state index in [0.29, 0.717) is 0 Å². The molecule has 1 aromatic heterocycles. The van der Waals surface area contributed by atoms with Crippen LogP contribution in [0.5, 0.6) is 0 Å². The minimum atomic E-state index is 0.718. The Labute approximate surface area is 134 Å². The zero-order valence-electron chi connectivity index (χ0n) is 13.3. The summed E-state index contributed by atoms with van der Waals surface area (Å²) >= 11 is 0. The molecule has 1 aliphatic rings. The monoisotopic (exact) mass is 294 g/mol. The number of nitrogens with zero attached hydrogens (tertiary/aromatic N) is 2. The summed E-state index contributed by atoms with van der Waals surface area (Å²) in [6.45, 7) is 2.08. The molecule has 0 unspecified atom stereocenters. The summed E-state index contributed by atoms with van der Waals surface area (Å²) in [7, 11) is 0. The molecular formula is C20H26N2. The van der Waals surface area contributed by atoms with E-state index in [-0.39, 0.29) is 0 Å². The van der Waals surface area contributed by atoms with E-state index in [1.54, 1.807) is 0 Å². The highest BCUT2D eigenvalue weighted by Crippen LogP contribution is 2.25. The van der Waals surface area contributed by atoms with Gasteiger partial charge in [0.25, 0.3) is 0 Å². The van der Waals surface area contributed by atoms with Crippen molar-refractivity contribution in [1.82, 2.24) is 9.88 Å². The zero-order valence-corrected chi connectivity index (χ0v) is 13.3. The van der Waals surface area contributed by atoms with Crippen molar-refractivity contribution in [3.05, 3.63) is 66.0 Å². The number of hydrogen-bond donors (Lipinski definition) is 0. The van der Waals surface area contributed by atoms with Crippen LogP contribution in [0.3, 0.4) is 0 Å². The van der Waals surface area contributed by atoms with Crippen LogP contribution in [0.25, 0.3) is 0 Å². The van der Waals surface area contributed by atoms with Gasteiger partial charge in [-0.3, -0.25) is 9.88 Å². The van der Waals surface area contributed by atoms with Crippen molar-refractivity contribution in [1.29, 1.82) is 0 Å². The van der Waals surface area contributed by atoms with E-state index >= 15 is 0 Å². The molecule has 116 valence electrons. The maximum absolute atomic E-state index is 4.15. The summed E-state index contributed by atoms with van der Waals surface area (Å²) in [5.74, 6) is 0.